The van der Waals surface area contributed by atoms with Crippen LogP contribution in [-0.2, 0) is 0 Å². The number of hydrogen-bond donors (Lipinski definition) is 3. The fraction of sp³-hybridized carbons (Fsp3) is 0.312. The zero-order valence-electron chi connectivity index (χ0n) is 13.0. The standard InChI is InChI=1S/C16H16N6O2/c17-6-12(9-20-8-11-2-1-4-18-7-11)24-16-21-14-10-19-5-3-13(14)15(23)22-16/h3,5-6,9-11,17-18H,1-2,4,7H2/p+1. The first-order valence-corrected chi connectivity index (χ1v) is 7.65. The Kier molecular flexibility index (Phi) is 4.93. The predicted molar refractivity (Wildman–Crippen MR) is 90.5 cm³/mol. The van der Waals surface area contributed by atoms with Gasteiger partial charge in [0.15, 0.2) is 0 Å². The van der Waals surface area contributed by atoms with E-state index < -0.39 is 0 Å². The molecule has 0 amide bonds. The third-order valence-electron chi connectivity index (χ3n) is 3.59. The summed E-state index contributed by atoms with van der Waals surface area (Å²) in [6.07, 6.45) is 7.52. The van der Waals surface area contributed by atoms with Gasteiger partial charge in [-0.2, -0.15) is 4.98 Å². The highest BCUT2D eigenvalue weighted by Gasteiger charge is 2.15. The van der Waals surface area contributed by atoms with Crippen molar-refractivity contribution in [3.8, 4) is 12.1 Å². The minimum Gasteiger partial charge on any atom is -0.416 e. The minimum absolute atomic E-state index is 0.00946. The van der Waals surface area contributed by atoms with Crippen LogP contribution in [0.4, 0.5) is 0 Å². The van der Waals surface area contributed by atoms with Gasteiger partial charge in [-0.05, 0) is 30.3 Å². The lowest BCUT2D eigenvalue weighted by Gasteiger charge is -2.13. The van der Waals surface area contributed by atoms with E-state index in [4.69, 9.17) is 10.1 Å². The second kappa shape index (κ2) is 7.48. The van der Waals surface area contributed by atoms with E-state index in [1.807, 2.05) is 0 Å². The number of aromatic nitrogens is 3. The van der Waals surface area contributed by atoms with E-state index in [2.05, 4.69) is 31.2 Å². The number of H-pyrrole nitrogens is 1. The number of rotatable bonds is 3. The van der Waals surface area contributed by atoms with E-state index in [0.717, 1.165) is 32.1 Å². The van der Waals surface area contributed by atoms with Crippen molar-refractivity contribution in [1.82, 2.24) is 20.3 Å². The SMILES string of the molecule is N=CC(=C[N+]#CC1CCCNC1)Oc1nc2cnccc2c(=O)[nH]1. The first-order chi connectivity index (χ1) is 11.8. The number of pyridine rings is 1. The molecule has 3 N–H and O–H groups in total. The molecule has 1 fully saturated rings. The van der Waals surface area contributed by atoms with E-state index in [0.29, 0.717) is 10.9 Å². The van der Waals surface area contributed by atoms with Crippen LogP contribution in [-0.4, -0.2) is 34.3 Å². The van der Waals surface area contributed by atoms with E-state index in [1.54, 1.807) is 6.07 Å². The Balaban J connectivity index is 1.77. The van der Waals surface area contributed by atoms with Crippen LogP contribution in [0.1, 0.15) is 12.8 Å². The van der Waals surface area contributed by atoms with Gasteiger partial charge in [0.2, 0.25) is 5.76 Å². The van der Waals surface area contributed by atoms with Crippen LogP contribution >= 0.6 is 0 Å². The molecule has 2 aromatic heterocycles. The van der Waals surface area contributed by atoms with Crippen molar-refractivity contribution in [2.45, 2.75) is 12.8 Å². The van der Waals surface area contributed by atoms with Gasteiger partial charge in [-0.1, -0.05) is 0 Å². The van der Waals surface area contributed by atoms with Gasteiger partial charge in [0.05, 0.1) is 23.3 Å². The molecular weight excluding hydrogens is 308 g/mol. The van der Waals surface area contributed by atoms with Gasteiger partial charge in [0.25, 0.3) is 11.6 Å². The van der Waals surface area contributed by atoms with Gasteiger partial charge >= 0.3 is 12.2 Å². The van der Waals surface area contributed by atoms with Gasteiger partial charge in [0, 0.05) is 12.7 Å². The average molecular weight is 325 g/mol. The number of nitrogens with one attached hydrogen (secondary N) is 3. The van der Waals surface area contributed by atoms with Crippen LogP contribution in [0, 0.1) is 17.4 Å². The highest BCUT2D eigenvalue weighted by Crippen LogP contribution is 2.11. The summed E-state index contributed by atoms with van der Waals surface area (Å²) in [5, 5.41) is 11.1. The van der Waals surface area contributed by atoms with Crippen molar-refractivity contribution < 1.29 is 4.74 Å². The molecule has 2 aromatic rings. The molecule has 122 valence electrons. The fourth-order valence-corrected chi connectivity index (χ4v) is 2.39. The van der Waals surface area contributed by atoms with E-state index in [1.165, 1.54) is 18.6 Å². The maximum Gasteiger partial charge on any atom is 0.349 e. The van der Waals surface area contributed by atoms with Gasteiger partial charge in [-0.25, -0.2) is 0 Å². The first kappa shape index (κ1) is 15.8. The van der Waals surface area contributed by atoms with E-state index in [9.17, 15) is 4.79 Å². The summed E-state index contributed by atoms with van der Waals surface area (Å²) in [6.45, 7) is 1.88. The molecule has 1 atom stereocenters. The Labute approximate surface area is 137 Å². The molecule has 24 heavy (non-hydrogen) atoms. The van der Waals surface area contributed by atoms with Gasteiger partial charge in [-0.3, -0.25) is 14.8 Å². The molecule has 0 radical (unpaired) electrons. The quantitative estimate of drug-likeness (QED) is 0.586. The number of piperidine rings is 1. The number of ether oxygens (including phenoxy) is 1. The Hall–Kier alpha value is -3.05. The van der Waals surface area contributed by atoms with Crippen molar-refractivity contribution in [1.29, 1.82) is 5.41 Å². The van der Waals surface area contributed by atoms with Gasteiger partial charge in [-0.15, -0.1) is 0 Å². The van der Waals surface area contributed by atoms with Crippen LogP contribution in [0.25, 0.3) is 15.7 Å². The second-order valence-electron chi connectivity index (χ2n) is 5.34. The Bertz CT molecular complexity index is 887. The topological polar surface area (TPSA) is 108 Å². The molecule has 1 aliphatic heterocycles. The molecule has 3 rings (SSSR count). The number of hydrogen-bond acceptors (Lipinski definition) is 6. The van der Waals surface area contributed by atoms with Gasteiger partial charge < -0.3 is 15.5 Å². The van der Waals surface area contributed by atoms with Gasteiger partial charge in [0.1, 0.15) is 5.92 Å². The molecule has 3 heterocycles. The number of aromatic amines is 1. The highest BCUT2D eigenvalue weighted by atomic mass is 16.5. The molecule has 0 aliphatic carbocycles. The molecule has 0 spiro atoms. The fourth-order valence-electron chi connectivity index (χ4n) is 2.39. The zero-order valence-corrected chi connectivity index (χ0v) is 13.0. The molecule has 1 saturated heterocycles. The summed E-state index contributed by atoms with van der Waals surface area (Å²) in [5.74, 6) is 0.407. The summed E-state index contributed by atoms with van der Waals surface area (Å²) in [4.78, 5) is 26.7. The van der Waals surface area contributed by atoms with Crippen LogP contribution < -0.4 is 15.6 Å². The number of fused-ring (bicyclic) bond motifs is 1. The molecular formula is C16H17N6O2+. The maximum atomic E-state index is 12.0. The Morgan fingerprint density at radius 2 is 2.46 bits per heavy atom. The van der Waals surface area contributed by atoms with Crippen molar-refractivity contribution >= 4 is 17.1 Å². The molecule has 1 aliphatic rings. The summed E-state index contributed by atoms with van der Waals surface area (Å²) >= 11 is 0. The summed E-state index contributed by atoms with van der Waals surface area (Å²) in [5.41, 5.74) is 0.0917. The van der Waals surface area contributed by atoms with E-state index in [-0.39, 0.29) is 23.2 Å². The summed E-state index contributed by atoms with van der Waals surface area (Å²) in [6, 6.07) is 4.58. The smallest absolute Gasteiger partial charge is 0.349 e. The lowest BCUT2D eigenvalue weighted by molar-refractivity contribution is 0.419. The van der Waals surface area contributed by atoms with Crippen molar-refractivity contribution in [3.63, 3.8) is 0 Å². The Morgan fingerprint density at radius 3 is 3.25 bits per heavy atom. The number of allylic oxidation sites excluding steroid dienone is 1. The molecule has 0 aromatic carbocycles. The van der Waals surface area contributed by atoms with Crippen LogP contribution in [0.3, 0.4) is 0 Å². The summed E-state index contributed by atoms with van der Waals surface area (Å²) < 4.78 is 5.42. The minimum atomic E-state index is -0.329. The van der Waals surface area contributed by atoms with Crippen molar-refractivity contribution in [3.05, 3.63) is 45.6 Å². The molecule has 0 saturated carbocycles. The van der Waals surface area contributed by atoms with Crippen molar-refractivity contribution in [2.24, 2.45) is 5.92 Å². The normalized spacial score (nSPS) is 17.8. The third-order valence-corrected chi connectivity index (χ3v) is 3.59. The summed E-state index contributed by atoms with van der Waals surface area (Å²) in [7, 11) is 0. The lowest BCUT2D eigenvalue weighted by atomic mass is 10.0. The monoisotopic (exact) mass is 325 g/mol. The molecule has 1 unspecified atom stereocenters. The maximum absolute atomic E-state index is 12.0. The number of nitrogens with zero attached hydrogens (tertiary/aromatic N) is 3. The van der Waals surface area contributed by atoms with Crippen LogP contribution in [0.15, 0.2) is 35.2 Å². The highest BCUT2D eigenvalue weighted by molar-refractivity contribution is 5.77. The third kappa shape index (κ3) is 3.83. The molecule has 8 heteroatoms. The average Bonchev–Trinajstić information content (AvgIpc) is 2.62. The van der Waals surface area contributed by atoms with Crippen LogP contribution in [0.2, 0.25) is 0 Å². The largest absolute Gasteiger partial charge is 0.416 e. The van der Waals surface area contributed by atoms with E-state index >= 15 is 0 Å². The van der Waals surface area contributed by atoms with Crippen LogP contribution in [0.5, 0.6) is 6.01 Å². The first-order valence-electron chi connectivity index (χ1n) is 7.65. The van der Waals surface area contributed by atoms with Crippen molar-refractivity contribution in [2.75, 3.05) is 13.1 Å². The zero-order chi connectivity index (χ0) is 16.8. The molecule has 0 bridgehead atoms. The Morgan fingerprint density at radius 1 is 1.54 bits per heavy atom. The molecule has 8 nitrogen and oxygen atoms in total. The second-order valence-corrected chi connectivity index (χ2v) is 5.34. The predicted octanol–water partition coefficient (Wildman–Crippen LogP) is 1.52. The lowest BCUT2D eigenvalue weighted by Crippen LogP contribution is -2.28.